The van der Waals surface area contributed by atoms with Crippen LogP contribution in [0, 0.1) is 5.92 Å². The second kappa shape index (κ2) is 4.33. The first-order chi connectivity index (χ1) is 6.56. The summed E-state index contributed by atoms with van der Waals surface area (Å²) in [5.74, 6) is 1.10. The summed E-state index contributed by atoms with van der Waals surface area (Å²) >= 11 is 0. The van der Waals surface area contributed by atoms with Crippen molar-refractivity contribution >= 4 is 5.69 Å². The van der Waals surface area contributed by atoms with E-state index in [4.69, 9.17) is 16.2 Å². The summed E-state index contributed by atoms with van der Waals surface area (Å²) in [6.45, 7) is 4.18. The van der Waals surface area contributed by atoms with E-state index in [1.807, 2.05) is 18.2 Å². The first-order valence-corrected chi connectivity index (χ1v) is 4.75. The van der Waals surface area contributed by atoms with Crippen molar-refractivity contribution in [2.45, 2.75) is 19.9 Å². The molecule has 0 saturated heterocycles. The molecule has 0 aromatic heterocycles. The van der Waals surface area contributed by atoms with E-state index in [0.717, 1.165) is 5.56 Å². The van der Waals surface area contributed by atoms with E-state index in [1.54, 1.807) is 7.11 Å². The standard InChI is InChI=1S/C11H18N2O/c1-7(2)11(13)8-4-5-10(14-3)9(12)6-8/h4-7,11H,12-13H2,1-3H3. The van der Waals surface area contributed by atoms with E-state index >= 15 is 0 Å². The maximum atomic E-state index is 6.00. The SMILES string of the molecule is COc1ccc(C(N)C(C)C)cc1N. The number of nitrogen functional groups attached to an aromatic ring is 1. The molecule has 4 N–H and O–H groups in total. The molecule has 1 aromatic rings. The van der Waals surface area contributed by atoms with Crippen molar-refractivity contribution in [2.24, 2.45) is 11.7 Å². The van der Waals surface area contributed by atoms with Crippen LogP contribution in [0.5, 0.6) is 5.75 Å². The van der Waals surface area contributed by atoms with Gasteiger partial charge in [-0.15, -0.1) is 0 Å². The van der Waals surface area contributed by atoms with Crippen molar-refractivity contribution in [3.05, 3.63) is 23.8 Å². The molecular weight excluding hydrogens is 176 g/mol. The average molecular weight is 194 g/mol. The zero-order chi connectivity index (χ0) is 10.7. The fraction of sp³-hybridized carbons (Fsp3) is 0.455. The molecule has 0 aliphatic heterocycles. The highest BCUT2D eigenvalue weighted by Crippen LogP contribution is 2.27. The number of hydrogen-bond donors (Lipinski definition) is 2. The molecular formula is C11H18N2O. The first kappa shape index (κ1) is 10.9. The molecule has 0 spiro atoms. The van der Waals surface area contributed by atoms with Crippen LogP contribution in [0.3, 0.4) is 0 Å². The van der Waals surface area contributed by atoms with Crippen LogP contribution in [-0.4, -0.2) is 7.11 Å². The van der Waals surface area contributed by atoms with Crippen molar-refractivity contribution < 1.29 is 4.74 Å². The minimum absolute atomic E-state index is 0.0307. The molecule has 0 fully saturated rings. The molecule has 1 rings (SSSR count). The molecule has 0 amide bonds. The third-order valence-electron chi connectivity index (χ3n) is 2.36. The minimum atomic E-state index is 0.0307. The quantitative estimate of drug-likeness (QED) is 0.723. The van der Waals surface area contributed by atoms with Gasteiger partial charge in [0.05, 0.1) is 12.8 Å². The van der Waals surface area contributed by atoms with Crippen LogP contribution in [0.1, 0.15) is 25.5 Å². The summed E-state index contributed by atoms with van der Waals surface area (Å²) in [5.41, 5.74) is 13.5. The lowest BCUT2D eigenvalue weighted by Crippen LogP contribution is -2.16. The molecule has 0 aliphatic rings. The van der Waals surface area contributed by atoms with E-state index in [-0.39, 0.29) is 6.04 Å². The Kier molecular flexibility index (Phi) is 3.36. The second-order valence-electron chi connectivity index (χ2n) is 3.77. The molecule has 3 nitrogen and oxygen atoms in total. The summed E-state index contributed by atoms with van der Waals surface area (Å²) in [4.78, 5) is 0. The van der Waals surface area contributed by atoms with E-state index < -0.39 is 0 Å². The van der Waals surface area contributed by atoms with Gasteiger partial charge in [-0.2, -0.15) is 0 Å². The summed E-state index contributed by atoms with van der Waals surface area (Å²) in [5, 5.41) is 0. The third kappa shape index (κ3) is 2.17. The Morgan fingerprint density at radius 3 is 2.36 bits per heavy atom. The number of ether oxygens (including phenoxy) is 1. The lowest BCUT2D eigenvalue weighted by atomic mass is 9.96. The Morgan fingerprint density at radius 1 is 1.29 bits per heavy atom. The summed E-state index contributed by atoms with van der Waals surface area (Å²) in [6.07, 6.45) is 0. The molecule has 14 heavy (non-hydrogen) atoms. The fourth-order valence-corrected chi connectivity index (χ4v) is 1.35. The second-order valence-corrected chi connectivity index (χ2v) is 3.77. The smallest absolute Gasteiger partial charge is 0.141 e. The molecule has 78 valence electrons. The molecule has 0 radical (unpaired) electrons. The molecule has 1 aromatic carbocycles. The Labute approximate surface area is 85.0 Å². The molecule has 0 heterocycles. The van der Waals surface area contributed by atoms with Crippen molar-refractivity contribution in [2.75, 3.05) is 12.8 Å². The number of methoxy groups -OCH3 is 1. The Hall–Kier alpha value is -1.22. The van der Waals surface area contributed by atoms with E-state index in [9.17, 15) is 0 Å². The lowest BCUT2D eigenvalue weighted by Gasteiger charge is -2.17. The van der Waals surface area contributed by atoms with Crippen LogP contribution in [0.4, 0.5) is 5.69 Å². The molecule has 0 saturated carbocycles. The van der Waals surface area contributed by atoms with Crippen LogP contribution in [0.2, 0.25) is 0 Å². The highest BCUT2D eigenvalue weighted by atomic mass is 16.5. The topological polar surface area (TPSA) is 61.3 Å². The molecule has 0 aliphatic carbocycles. The van der Waals surface area contributed by atoms with Gasteiger partial charge in [0.2, 0.25) is 0 Å². The van der Waals surface area contributed by atoms with Gasteiger partial charge in [0.25, 0.3) is 0 Å². The Bertz CT molecular complexity index is 310. The first-order valence-electron chi connectivity index (χ1n) is 4.75. The van der Waals surface area contributed by atoms with E-state index in [2.05, 4.69) is 13.8 Å². The van der Waals surface area contributed by atoms with Gasteiger partial charge in [0.1, 0.15) is 5.75 Å². The van der Waals surface area contributed by atoms with E-state index in [0.29, 0.717) is 17.4 Å². The van der Waals surface area contributed by atoms with Crippen molar-refractivity contribution in [3.63, 3.8) is 0 Å². The van der Waals surface area contributed by atoms with Gasteiger partial charge in [-0.25, -0.2) is 0 Å². The monoisotopic (exact) mass is 194 g/mol. The summed E-state index contributed by atoms with van der Waals surface area (Å²) in [6, 6.07) is 5.72. The van der Waals surface area contributed by atoms with Gasteiger partial charge in [-0.05, 0) is 23.6 Å². The number of benzene rings is 1. The van der Waals surface area contributed by atoms with Crippen LogP contribution < -0.4 is 16.2 Å². The molecule has 0 bridgehead atoms. The van der Waals surface area contributed by atoms with Gasteiger partial charge >= 0.3 is 0 Å². The van der Waals surface area contributed by atoms with Gasteiger partial charge in [-0.3, -0.25) is 0 Å². The largest absolute Gasteiger partial charge is 0.495 e. The van der Waals surface area contributed by atoms with Crippen LogP contribution in [0.15, 0.2) is 18.2 Å². The molecule has 3 heteroatoms. The number of anilines is 1. The summed E-state index contributed by atoms with van der Waals surface area (Å²) < 4.78 is 5.07. The lowest BCUT2D eigenvalue weighted by molar-refractivity contribution is 0.416. The zero-order valence-electron chi connectivity index (χ0n) is 8.95. The number of rotatable bonds is 3. The normalized spacial score (nSPS) is 12.9. The summed E-state index contributed by atoms with van der Waals surface area (Å²) in [7, 11) is 1.60. The maximum absolute atomic E-state index is 6.00. The van der Waals surface area contributed by atoms with Gasteiger partial charge in [0.15, 0.2) is 0 Å². The molecule has 1 unspecified atom stereocenters. The van der Waals surface area contributed by atoms with Crippen LogP contribution in [0.25, 0.3) is 0 Å². The highest BCUT2D eigenvalue weighted by molar-refractivity contribution is 5.54. The van der Waals surface area contributed by atoms with Gasteiger partial charge in [0, 0.05) is 6.04 Å². The number of hydrogen-bond acceptors (Lipinski definition) is 3. The predicted octanol–water partition coefficient (Wildman–Crippen LogP) is 1.93. The van der Waals surface area contributed by atoms with Crippen LogP contribution in [-0.2, 0) is 0 Å². The minimum Gasteiger partial charge on any atom is -0.495 e. The van der Waals surface area contributed by atoms with Crippen molar-refractivity contribution in [3.8, 4) is 5.75 Å². The Morgan fingerprint density at radius 2 is 1.93 bits per heavy atom. The number of nitrogens with two attached hydrogens (primary N) is 2. The van der Waals surface area contributed by atoms with Crippen LogP contribution >= 0.6 is 0 Å². The highest BCUT2D eigenvalue weighted by Gasteiger charge is 2.11. The predicted molar refractivity (Wildman–Crippen MR) is 59.2 cm³/mol. The molecule has 1 atom stereocenters. The maximum Gasteiger partial charge on any atom is 0.141 e. The fourth-order valence-electron chi connectivity index (χ4n) is 1.35. The van der Waals surface area contributed by atoms with E-state index in [1.165, 1.54) is 0 Å². The van der Waals surface area contributed by atoms with Gasteiger partial charge in [-0.1, -0.05) is 19.9 Å². The third-order valence-corrected chi connectivity index (χ3v) is 2.36. The zero-order valence-corrected chi connectivity index (χ0v) is 8.95. The van der Waals surface area contributed by atoms with Gasteiger partial charge < -0.3 is 16.2 Å². The average Bonchev–Trinajstić information content (AvgIpc) is 2.16. The Balaban J connectivity index is 2.96. The van der Waals surface area contributed by atoms with Crippen molar-refractivity contribution in [1.29, 1.82) is 0 Å². The van der Waals surface area contributed by atoms with Crippen molar-refractivity contribution in [1.82, 2.24) is 0 Å².